The number of aliphatic hydroxyl groups excluding tert-OH is 1. The van der Waals surface area contributed by atoms with Crippen LogP contribution in [0.15, 0.2) is 12.1 Å². The van der Waals surface area contributed by atoms with E-state index in [1.54, 1.807) is 27.4 Å². The summed E-state index contributed by atoms with van der Waals surface area (Å²) >= 11 is 0. The molecule has 1 rings (SSSR count). The fraction of sp³-hybridized carbons (Fsp3) is 0.600. The average Bonchev–Trinajstić information content (AvgIpc) is 2.46. The Bertz CT molecular complexity index is 421. The summed E-state index contributed by atoms with van der Waals surface area (Å²) in [6.07, 6.45) is 0. The van der Waals surface area contributed by atoms with E-state index in [4.69, 9.17) is 14.2 Å². The molecule has 0 saturated heterocycles. The van der Waals surface area contributed by atoms with Crippen molar-refractivity contribution in [3.63, 3.8) is 0 Å². The number of nitrogens with one attached hydrogen (secondary N) is 1. The zero-order chi connectivity index (χ0) is 15.1. The number of rotatable bonds is 8. The van der Waals surface area contributed by atoms with Gasteiger partial charge in [0, 0.05) is 24.2 Å². The Balaban J connectivity index is 2.93. The molecule has 0 aliphatic heterocycles. The molecular formula is C15H25NO4. The minimum Gasteiger partial charge on any atom is -0.496 e. The second-order valence-electron chi connectivity index (χ2n) is 4.93. The van der Waals surface area contributed by atoms with Crippen LogP contribution in [0.25, 0.3) is 0 Å². The van der Waals surface area contributed by atoms with Gasteiger partial charge in [-0.3, -0.25) is 0 Å². The molecule has 114 valence electrons. The molecule has 0 aliphatic carbocycles. The van der Waals surface area contributed by atoms with Crippen LogP contribution in [-0.2, 0) is 6.54 Å². The molecule has 0 aromatic heterocycles. The minimum absolute atomic E-state index is 0.0489. The van der Waals surface area contributed by atoms with Crippen LogP contribution in [0.3, 0.4) is 0 Å². The minimum atomic E-state index is 0.0489. The Hall–Kier alpha value is -1.46. The molecule has 1 atom stereocenters. The Kier molecular flexibility index (Phi) is 6.61. The van der Waals surface area contributed by atoms with Crippen molar-refractivity contribution >= 4 is 0 Å². The average molecular weight is 283 g/mol. The van der Waals surface area contributed by atoms with E-state index in [-0.39, 0.29) is 12.6 Å². The van der Waals surface area contributed by atoms with Crippen LogP contribution in [0.1, 0.15) is 19.4 Å². The van der Waals surface area contributed by atoms with Crippen LogP contribution >= 0.6 is 0 Å². The lowest BCUT2D eigenvalue weighted by atomic mass is 10.0. The normalized spacial score (nSPS) is 12.3. The lowest BCUT2D eigenvalue weighted by Crippen LogP contribution is -2.36. The second kappa shape index (κ2) is 7.97. The van der Waals surface area contributed by atoms with E-state index in [9.17, 15) is 5.11 Å². The highest BCUT2D eigenvalue weighted by Gasteiger charge is 2.15. The third-order valence-corrected chi connectivity index (χ3v) is 3.34. The maximum Gasteiger partial charge on any atom is 0.164 e. The van der Waals surface area contributed by atoms with E-state index in [2.05, 4.69) is 19.2 Å². The Morgan fingerprint density at radius 3 is 2.00 bits per heavy atom. The smallest absolute Gasteiger partial charge is 0.164 e. The molecule has 0 spiro atoms. The predicted molar refractivity (Wildman–Crippen MR) is 78.6 cm³/mol. The van der Waals surface area contributed by atoms with Crippen molar-refractivity contribution in [3.05, 3.63) is 17.7 Å². The fourth-order valence-corrected chi connectivity index (χ4v) is 1.98. The highest BCUT2D eigenvalue weighted by molar-refractivity contribution is 5.50. The lowest BCUT2D eigenvalue weighted by Gasteiger charge is -2.21. The molecule has 0 bridgehead atoms. The van der Waals surface area contributed by atoms with Gasteiger partial charge in [0.1, 0.15) is 5.75 Å². The van der Waals surface area contributed by atoms with E-state index < -0.39 is 0 Å². The highest BCUT2D eigenvalue weighted by atomic mass is 16.5. The largest absolute Gasteiger partial charge is 0.496 e. The standard InChI is InChI=1S/C15H25NO4/c1-10(2)12(9-17)16-8-11-6-14(19-4)15(20-5)7-13(11)18-3/h6-7,10,12,16-17H,8-9H2,1-5H3/t12-/m1/s1. The summed E-state index contributed by atoms with van der Waals surface area (Å²) in [5.41, 5.74) is 0.962. The van der Waals surface area contributed by atoms with E-state index in [1.165, 1.54) is 0 Å². The van der Waals surface area contributed by atoms with E-state index >= 15 is 0 Å². The van der Waals surface area contributed by atoms with Crippen LogP contribution in [-0.4, -0.2) is 39.1 Å². The first kappa shape index (κ1) is 16.6. The van der Waals surface area contributed by atoms with E-state index in [0.717, 1.165) is 11.3 Å². The number of hydrogen-bond donors (Lipinski definition) is 2. The third-order valence-electron chi connectivity index (χ3n) is 3.34. The predicted octanol–water partition coefficient (Wildman–Crippen LogP) is 1.82. The summed E-state index contributed by atoms with van der Waals surface area (Å²) in [5, 5.41) is 12.7. The molecule has 0 aliphatic rings. The molecule has 0 saturated carbocycles. The van der Waals surface area contributed by atoms with Crippen LogP contribution in [0.4, 0.5) is 0 Å². The van der Waals surface area contributed by atoms with Crippen LogP contribution in [0.5, 0.6) is 17.2 Å². The Morgan fingerprint density at radius 1 is 1.00 bits per heavy atom. The molecule has 1 aromatic carbocycles. The molecule has 2 N–H and O–H groups in total. The monoisotopic (exact) mass is 283 g/mol. The van der Waals surface area contributed by atoms with Gasteiger partial charge in [-0.2, -0.15) is 0 Å². The van der Waals surface area contributed by atoms with Gasteiger partial charge in [0.05, 0.1) is 27.9 Å². The van der Waals surface area contributed by atoms with Crippen molar-refractivity contribution in [2.45, 2.75) is 26.4 Å². The van der Waals surface area contributed by atoms with Crippen molar-refractivity contribution in [2.24, 2.45) is 5.92 Å². The first-order valence-corrected chi connectivity index (χ1v) is 6.70. The van der Waals surface area contributed by atoms with Crippen molar-refractivity contribution in [1.29, 1.82) is 0 Å². The molecule has 5 heteroatoms. The molecule has 20 heavy (non-hydrogen) atoms. The van der Waals surface area contributed by atoms with Gasteiger partial charge in [-0.1, -0.05) is 13.8 Å². The highest BCUT2D eigenvalue weighted by Crippen LogP contribution is 2.34. The van der Waals surface area contributed by atoms with Crippen LogP contribution < -0.4 is 19.5 Å². The number of methoxy groups -OCH3 is 3. The topological polar surface area (TPSA) is 60.0 Å². The zero-order valence-electron chi connectivity index (χ0n) is 12.9. The summed E-state index contributed by atoms with van der Waals surface area (Å²) in [7, 11) is 4.82. The van der Waals surface area contributed by atoms with Crippen molar-refractivity contribution < 1.29 is 19.3 Å². The lowest BCUT2D eigenvalue weighted by molar-refractivity contribution is 0.209. The molecule has 0 heterocycles. The van der Waals surface area contributed by atoms with Gasteiger partial charge in [0.15, 0.2) is 11.5 Å². The summed E-state index contributed by atoms with van der Waals surface area (Å²) in [6, 6.07) is 3.74. The molecule has 5 nitrogen and oxygen atoms in total. The second-order valence-corrected chi connectivity index (χ2v) is 4.93. The summed E-state index contributed by atoms with van der Waals surface area (Å²) in [4.78, 5) is 0. The molecule has 1 aromatic rings. The number of ether oxygens (including phenoxy) is 3. The van der Waals surface area contributed by atoms with Gasteiger partial charge in [0.25, 0.3) is 0 Å². The number of benzene rings is 1. The quantitative estimate of drug-likeness (QED) is 0.762. The zero-order valence-corrected chi connectivity index (χ0v) is 12.9. The van der Waals surface area contributed by atoms with Crippen molar-refractivity contribution in [3.8, 4) is 17.2 Å². The van der Waals surface area contributed by atoms with Gasteiger partial charge < -0.3 is 24.6 Å². The van der Waals surface area contributed by atoms with E-state index in [0.29, 0.717) is 24.0 Å². The first-order chi connectivity index (χ1) is 9.57. The van der Waals surface area contributed by atoms with Gasteiger partial charge in [-0.15, -0.1) is 0 Å². The molecule has 0 radical (unpaired) electrons. The molecule has 0 fully saturated rings. The summed E-state index contributed by atoms with van der Waals surface area (Å²) < 4.78 is 15.9. The van der Waals surface area contributed by atoms with Crippen molar-refractivity contribution in [1.82, 2.24) is 5.32 Å². The third kappa shape index (κ3) is 4.02. The summed E-state index contributed by atoms with van der Waals surface area (Å²) in [5.74, 6) is 2.38. The maximum absolute atomic E-state index is 9.35. The van der Waals surface area contributed by atoms with E-state index in [1.807, 2.05) is 6.07 Å². The van der Waals surface area contributed by atoms with Crippen LogP contribution in [0.2, 0.25) is 0 Å². The van der Waals surface area contributed by atoms with Gasteiger partial charge in [-0.25, -0.2) is 0 Å². The molecule has 0 amide bonds. The SMILES string of the molecule is COc1cc(OC)c(OC)cc1CN[C@H](CO)C(C)C. The Labute approximate surface area is 120 Å². The number of hydrogen-bond acceptors (Lipinski definition) is 5. The van der Waals surface area contributed by atoms with Crippen molar-refractivity contribution in [2.75, 3.05) is 27.9 Å². The maximum atomic E-state index is 9.35. The Morgan fingerprint density at radius 2 is 1.55 bits per heavy atom. The summed E-state index contributed by atoms with van der Waals surface area (Å²) in [6.45, 7) is 4.83. The van der Waals surface area contributed by atoms with Crippen LogP contribution in [0, 0.1) is 5.92 Å². The van der Waals surface area contributed by atoms with Gasteiger partial charge >= 0.3 is 0 Å². The fourth-order valence-electron chi connectivity index (χ4n) is 1.98. The molecule has 0 unspecified atom stereocenters. The van der Waals surface area contributed by atoms with Gasteiger partial charge in [0.2, 0.25) is 0 Å². The first-order valence-electron chi connectivity index (χ1n) is 6.70. The molecular weight excluding hydrogens is 258 g/mol. The number of aliphatic hydroxyl groups is 1. The van der Waals surface area contributed by atoms with Gasteiger partial charge in [-0.05, 0) is 12.0 Å².